The Balaban J connectivity index is 0.000000487. The predicted octanol–water partition coefficient (Wildman–Crippen LogP) is 1.45. The van der Waals surface area contributed by atoms with Crippen molar-refractivity contribution >= 4 is 29.3 Å². The fourth-order valence-electron chi connectivity index (χ4n) is 0.676. The number of aliphatic hydroxyl groups excluding tert-OH is 1. The van der Waals surface area contributed by atoms with Crippen molar-refractivity contribution in [1.29, 1.82) is 0 Å². The van der Waals surface area contributed by atoms with E-state index in [9.17, 15) is 4.79 Å². The van der Waals surface area contributed by atoms with Crippen LogP contribution < -0.4 is 5.73 Å². The van der Waals surface area contributed by atoms with E-state index in [0.29, 0.717) is 11.6 Å². The van der Waals surface area contributed by atoms with Gasteiger partial charge in [-0.2, -0.15) is 0 Å². The molecule has 1 rings (SSSR count). The smallest absolute Gasteiger partial charge is 0.313 e. The minimum atomic E-state index is -0.810. The van der Waals surface area contributed by atoms with Crippen LogP contribution >= 0.6 is 23.4 Å². The molecule has 4 nitrogen and oxygen atoms in total. The highest BCUT2D eigenvalue weighted by Gasteiger charge is 1.98. The van der Waals surface area contributed by atoms with E-state index in [4.69, 9.17) is 27.5 Å². The summed E-state index contributed by atoms with van der Waals surface area (Å²) < 4.78 is 0. The molecule has 0 aromatic heterocycles. The van der Waals surface area contributed by atoms with Gasteiger partial charge in [-0.3, -0.25) is 4.79 Å². The van der Waals surface area contributed by atoms with Gasteiger partial charge in [0.25, 0.3) is 0 Å². The number of hydrogen-bond donors (Lipinski definition) is 3. The summed E-state index contributed by atoms with van der Waals surface area (Å²) in [6.07, 6.45) is 0. The van der Waals surface area contributed by atoms with E-state index < -0.39 is 5.97 Å². The third-order valence-electron chi connectivity index (χ3n) is 1.31. The van der Waals surface area contributed by atoms with Crippen molar-refractivity contribution in [2.45, 2.75) is 4.90 Å². The maximum atomic E-state index is 10.2. The van der Waals surface area contributed by atoms with Gasteiger partial charge in [-0.1, -0.05) is 11.6 Å². The molecular formula is C10H14ClNO3S. The van der Waals surface area contributed by atoms with Crippen molar-refractivity contribution in [2.75, 3.05) is 18.9 Å². The molecule has 0 heterocycles. The number of halogens is 1. The van der Waals surface area contributed by atoms with Gasteiger partial charge < -0.3 is 15.9 Å². The largest absolute Gasteiger partial charge is 0.481 e. The molecule has 1 aromatic rings. The second-order valence-electron chi connectivity index (χ2n) is 2.65. The summed E-state index contributed by atoms with van der Waals surface area (Å²) in [5.74, 6) is -0.725. The number of benzene rings is 1. The molecule has 0 aliphatic rings. The fourth-order valence-corrected chi connectivity index (χ4v) is 1.42. The van der Waals surface area contributed by atoms with Gasteiger partial charge >= 0.3 is 5.97 Å². The zero-order chi connectivity index (χ0) is 12.4. The van der Waals surface area contributed by atoms with E-state index in [1.165, 1.54) is 11.8 Å². The molecule has 6 heteroatoms. The summed E-state index contributed by atoms with van der Waals surface area (Å²) in [4.78, 5) is 11.1. The van der Waals surface area contributed by atoms with Gasteiger partial charge in [-0.05, 0) is 24.3 Å². The van der Waals surface area contributed by atoms with Gasteiger partial charge in [0.2, 0.25) is 0 Å². The molecule has 16 heavy (non-hydrogen) atoms. The molecule has 0 spiro atoms. The van der Waals surface area contributed by atoms with Crippen LogP contribution in [0.2, 0.25) is 5.02 Å². The van der Waals surface area contributed by atoms with Crippen molar-refractivity contribution in [2.24, 2.45) is 5.73 Å². The Morgan fingerprint density at radius 1 is 1.38 bits per heavy atom. The number of carbonyl (C=O) groups is 1. The van der Waals surface area contributed by atoms with Gasteiger partial charge in [0.1, 0.15) is 0 Å². The van der Waals surface area contributed by atoms with Crippen LogP contribution in [0.1, 0.15) is 0 Å². The minimum absolute atomic E-state index is 0.0850. The Bertz CT molecular complexity index is 303. The van der Waals surface area contributed by atoms with Crippen LogP contribution in [0.25, 0.3) is 0 Å². The predicted molar refractivity (Wildman–Crippen MR) is 66.0 cm³/mol. The molecule has 90 valence electrons. The number of thioether (sulfide) groups is 1. The minimum Gasteiger partial charge on any atom is -0.481 e. The van der Waals surface area contributed by atoms with Crippen LogP contribution in [-0.2, 0) is 4.79 Å². The molecule has 0 atom stereocenters. The molecule has 0 aliphatic carbocycles. The van der Waals surface area contributed by atoms with E-state index in [1.54, 1.807) is 24.3 Å². The summed E-state index contributed by atoms with van der Waals surface area (Å²) >= 11 is 6.93. The Labute approximate surface area is 103 Å². The van der Waals surface area contributed by atoms with Crippen molar-refractivity contribution in [3.63, 3.8) is 0 Å². The number of rotatable bonds is 4. The summed E-state index contributed by atoms with van der Waals surface area (Å²) in [6.45, 7) is 0.472. The number of aliphatic hydroxyl groups is 1. The molecule has 0 aliphatic heterocycles. The molecule has 0 saturated carbocycles. The Morgan fingerprint density at radius 3 is 2.25 bits per heavy atom. The molecular weight excluding hydrogens is 250 g/mol. The highest BCUT2D eigenvalue weighted by atomic mass is 35.5. The third kappa shape index (κ3) is 8.55. The van der Waals surface area contributed by atoms with Gasteiger partial charge in [0.05, 0.1) is 12.4 Å². The molecule has 0 unspecified atom stereocenters. The fraction of sp³-hybridized carbons (Fsp3) is 0.300. The molecule has 0 fully saturated rings. The monoisotopic (exact) mass is 263 g/mol. The van der Waals surface area contributed by atoms with Gasteiger partial charge in [-0.15, -0.1) is 11.8 Å². The lowest BCUT2D eigenvalue weighted by Gasteiger charge is -1.97. The molecule has 0 saturated heterocycles. The standard InChI is InChI=1S/C8H7ClO2S.C2H7NO/c9-6-1-3-7(4-2-6)12-5-8(10)11;3-1-2-4/h1-4H,5H2,(H,10,11);4H,1-3H2. The van der Waals surface area contributed by atoms with Crippen LogP contribution in [0.15, 0.2) is 29.2 Å². The number of hydrogen-bond acceptors (Lipinski definition) is 4. The topological polar surface area (TPSA) is 83.5 Å². The quantitative estimate of drug-likeness (QED) is 0.716. The zero-order valence-electron chi connectivity index (χ0n) is 8.60. The third-order valence-corrected chi connectivity index (χ3v) is 2.55. The summed E-state index contributed by atoms with van der Waals surface area (Å²) in [5.41, 5.74) is 4.78. The van der Waals surface area contributed by atoms with Crippen LogP contribution in [0.3, 0.4) is 0 Å². The van der Waals surface area contributed by atoms with Crippen LogP contribution in [0, 0.1) is 0 Å². The van der Waals surface area contributed by atoms with Gasteiger partial charge in [-0.25, -0.2) is 0 Å². The van der Waals surface area contributed by atoms with E-state index in [0.717, 1.165) is 4.90 Å². The maximum absolute atomic E-state index is 10.2. The lowest BCUT2D eigenvalue weighted by Crippen LogP contribution is -2.02. The second-order valence-corrected chi connectivity index (χ2v) is 4.13. The molecule has 0 radical (unpaired) electrons. The van der Waals surface area contributed by atoms with Gasteiger partial charge in [0.15, 0.2) is 0 Å². The summed E-state index contributed by atoms with van der Waals surface area (Å²) in [5, 5.41) is 16.8. The summed E-state index contributed by atoms with van der Waals surface area (Å²) in [6, 6.07) is 7.09. The van der Waals surface area contributed by atoms with Crippen molar-refractivity contribution in [3.05, 3.63) is 29.3 Å². The number of aliphatic carboxylic acids is 1. The van der Waals surface area contributed by atoms with Crippen molar-refractivity contribution in [3.8, 4) is 0 Å². The lowest BCUT2D eigenvalue weighted by molar-refractivity contribution is -0.133. The van der Waals surface area contributed by atoms with E-state index in [1.807, 2.05) is 0 Å². The Hall–Kier alpha value is -0.750. The first-order valence-corrected chi connectivity index (χ1v) is 5.87. The SMILES string of the molecule is NCCO.O=C(O)CSc1ccc(Cl)cc1. The number of carboxylic acids is 1. The van der Waals surface area contributed by atoms with E-state index >= 15 is 0 Å². The normalized spacial score (nSPS) is 9.19. The maximum Gasteiger partial charge on any atom is 0.313 e. The zero-order valence-corrected chi connectivity index (χ0v) is 10.2. The van der Waals surface area contributed by atoms with Gasteiger partial charge in [0, 0.05) is 16.5 Å². The average Bonchev–Trinajstić information content (AvgIpc) is 2.28. The lowest BCUT2D eigenvalue weighted by atomic mass is 10.4. The Morgan fingerprint density at radius 2 is 1.88 bits per heavy atom. The van der Waals surface area contributed by atoms with Crippen molar-refractivity contribution < 1.29 is 15.0 Å². The van der Waals surface area contributed by atoms with Crippen LogP contribution in [-0.4, -0.2) is 35.1 Å². The van der Waals surface area contributed by atoms with Crippen molar-refractivity contribution in [1.82, 2.24) is 0 Å². The van der Waals surface area contributed by atoms with E-state index in [2.05, 4.69) is 0 Å². The molecule has 0 amide bonds. The average molecular weight is 264 g/mol. The first kappa shape index (κ1) is 15.2. The van der Waals surface area contributed by atoms with Crippen LogP contribution in [0.5, 0.6) is 0 Å². The highest BCUT2D eigenvalue weighted by Crippen LogP contribution is 2.19. The Kier molecular flexibility index (Phi) is 9.03. The molecule has 0 bridgehead atoms. The highest BCUT2D eigenvalue weighted by molar-refractivity contribution is 8.00. The number of nitrogens with two attached hydrogens (primary N) is 1. The molecule has 4 N–H and O–H groups in total. The first-order valence-electron chi connectivity index (χ1n) is 4.51. The first-order chi connectivity index (χ1) is 7.60. The van der Waals surface area contributed by atoms with Crippen LogP contribution in [0.4, 0.5) is 0 Å². The summed E-state index contributed by atoms with van der Waals surface area (Å²) in [7, 11) is 0. The molecule has 1 aromatic carbocycles. The second kappa shape index (κ2) is 9.47. The van der Waals surface area contributed by atoms with E-state index in [-0.39, 0.29) is 12.4 Å². The number of carboxylic acid groups (broad SMARTS) is 1.